The van der Waals surface area contributed by atoms with Gasteiger partial charge in [-0.05, 0) is 17.2 Å². The number of aliphatic hydroxyl groups is 2. The summed E-state index contributed by atoms with van der Waals surface area (Å²) >= 11 is 6.18. The molecule has 1 aliphatic heterocycles. The number of ether oxygens (including phenoxy) is 1. The molecule has 3 heterocycles. The number of fused-ring (bicyclic) bond motifs is 1. The van der Waals surface area contributed by atoms with Crippen molar-refractivity contribution in [3.8, 4) is 0 Å². The molecule has 0 aliphatic carbocycles. The normalized spacial score (nSPS) is 24.2. The second kappa shape index (κ2) is 10.4. The van der Waals surface area contributed by atoms with Gasteiger partial charge in [-0.1, -0.05) is 30.3 Å². The van der Waals surface area contributed by atoms with Crippen molar-refractivity contribution in [3.63, 3.8) is 0 Å². The first kappa shape index (κ1) is 27.1. The highest BCUT2D eigenvalue weighted by Gasteiger charge is 2.45. The van der Waals surface area contributed by atoms with Crippen LogP contribution in [-0.4, -0.2) is 82.2 Å². The topological polar surface area (TPSA) is 203 Å². The Hall–Kier alpha value is -1.96. The van der Waals surface area contributed by atoms with E-state index in [0.29, 0.717) is 17.9 Å². The van der Waals surface area contributed by atoms with Crippen molar-refractivity contribution in [2.45, 2.75) is 31.1 Å². The Morgan fingerprint density at radius 3 is 2.50 bits per heavy atom. The summed E-state index contributed by atoms with van der Waals surface area (Å²) in [6.45, 7) is 0.0386. The standard InChI is InChI=1S/C19H25ClN6O8P2/c1-25(8-11-5-3-2-4-6-11)16-13-17(24-19(20)23-16)26(9-21-13)18-15(28)14(27)12(34-18)7-22-35(29,30)10-36(31,32)33/h2-6,9,12,14-15,18,27-28H,7-8,10H2,1H3,(H2,22,29,30)(H2,31,32,33)/t12-,14?,15?,18-/m1/s1. The minimum atomic E-state index is -4.77. The van der Waals surface area contributed by atoms with Crippen molar-refractivity contribution in [1.82, 2.24) is 24.6 Å². The van der Waals surface area contributed by atoms with Gasteiger partial charge in [0.2, 0.25) is 5.28 Å². The van der Waals surface area contributed by atoms with Crippen LogP contribution in [0.15, 0.2) is 36.7 Å². The lowest BCUT2D eigenvalue weighted by Crippen LogP contribution is -2.37. The first-order valence-electron chi connectivity index (χ1n) is 10.6. The van der Waals surface area contributed by atoms with E-state index >= 15 is 0 Å². The number of halogens is 1. The Morgan fingerprint density at radius 2 is 1.83 bits per heavy atom. The summed E-state index contributed by atoms with van der Waals surface area (Å²) in [7, 11) is -7.39. The van der Waals surface area contributed by atoms with Crippen LogP contribution in [0.25, 0.3) is 11.2 Å². The maximum atomic E-state index is 12.0. The lowest BCUT2D eigenvalue weighted by Gasteiger charge is -2.20. The van der Waals surface area contributed by atoms with Crippen LogP contribution in [0.4, 0.5) is 5.82 Å². The molecule has 0 amide bonds. The lowest BCUT2D eigenvalue weighted by atomic mass is 10.1. The van der Waals surface area contributed by atoms with Crippen LogP contribution in [0, 0.1) is 0 Å². The van der Waals surface area contributed by atoms with Gasteiger partial charge in [0.05, 0.1) is 6.33 Å². The summed E-state index contributed by atoms with van der Waals surface area (Å²) in [4.78, 5) is 42.4. The smallest absolute Gasteiger partial charge is 0.336 e. The fraction of sp³-hybridized carbons (Fsp3) is 0.421. The number of nitrogens with one attached hydrogen (secondary N) is 1. The molecule has 0 radical (unpaired) electrons. The highest BCUT2D eigenvalue weighted by Crippen LogP contribution is 2.52. The zero-order valence-electron chi connectivity index (χ0n) is 18.9. The zero-order chi connectivity index (χ0) is 26.3. The number of anilines is 1. The maximum Gasteiger partial charge on any atom is 0.336 e. The summed E-state index contributed by atoms with van der Waals surface area (Å²) in [6, 6.07) is 9.65. The van der Waals surface area contributed by atoms with Crippen molar-refractivity contribution >= 4 is 43.7 Å². The third-order valence-electron chi connectivity index (χ3n) is 5.53. The predicted octanol–water partition coefficient (Wildman–Crippen LogP) is 0.645. The van der Waals surface area contributed by atoms with E-state index in [1.807, 2.05) is 35.2 Å². The molecule has 5 atom stereocenters. The lowest BCUT2D eigenvalue weighted by molar-refractivity contribution is -0.0331. The molecule has 1 aromatic carbocycles. The number of hydrogen-bond acceptors (Lipinski definition) is 9. The van der Waals surface area contributed by atoms with Crippen LogP contribution in [0.3, 0.4) is 0 Å². The molecule has 4 rings (SSSR count). The summed E-state index contributed by atoms with van der Waals surface area (Å²) in [6.07, 6.45) is -4.00. The molecule has 196 valence electrons. The SMILES string of the molecule is CN(Cc1ccccc1)c1nc(Cl)nc2c1ncn2[C@@H]1O[C@H](CNP(=O)(O)CP(=O)(O)O)C(O)C1O. The van der Waals surface area contributed by atoms with Gasteiger partial charge < -0.3 is 34.5 Å². The van der Waals surface area contributed by atoms with Crippen molar-refractivity contribution < 1.29 is 38.8 Å². The van der Waals surface area contributed by atoms with Gasteiger partial charge in [0, 0.05) is 20.1 Å². The highest BCUT2D eigenvalue weighted by molar-refractivity contribution is 7.71. The van der Waals surface area contributed by atoms with E-state index in [-0.39, 0.29) is 10.9 Å². The van der Waals surface area contributed by atoms with Crippen LogP contribution >= 0.6 is 26.7 Å². The molecule has 2 aromatic heterocycles. The van der Waals surface area contributed by atoms with Crippen LogP contribution in [0.1, 0.15) is 11.8 Å². The quantitative estimate of drug-likeness (QED) is 0.157. The monoisotopic (exact) mass is 562 g/mol. The average Bonchev–Trinajstić information content (AvgIpc) is 3.31. The summed E-state index contributed by atoms with van der Waals surface area (Å²) in [5, 5.41) is 23.1. The van der Waals surface area contributed by atoms with Crippen molar-refractivity contribution in [2.24, 2.45) is 0 Å². The predicted molar refractivity (Wildman–Crippen MR) is 130 cm³/mol. The van der Waals surface area contributed by atoms with E-state index < -0.39 is 52.1 Å². The van der Waals surface area contributed by atoms with E-state index in [9.17, 15) is 24.2 Å². The molecular weight excluding hydrogens is 538 g/mol. The minimum Gasteiger partial charge on any atom is -0.387 e. The number of imidazole rings is 1. The Bertz CT molecular complexity index is 1320. The number of aromatic nitrogens is 4. The molecule has 1 saturated heterocycles. The van der Waals surface area contributed by atoms with Crippen molar-refractivity contribution in [2.75, 3.05) is 24.4 Å². The molecule has 0 bridgehead atoms. The van der Waals surface area contributed by atoms with Gasteiger partial charge in [-0.15, -0.1) is 0 Å². The van der Waals surface area contributed by atoms with Gasteiger partial charge in [-0.25, -0.2) is 10.1 Å². The molecule has 3 aromatic rings. The van der Waals surface area contributed by atoms with Gasteiger partial charge in [-0.3, -0.25) is 13.7 Å². The van der Waals surface area contributed by atoms with Crippen LogP contribution in [0.2, 0.25) is 5.28 Å². The summed E-state index contributed by atoms with van der Waals surface area (Å²) in [5.41, 5.74) is 1.62. The molecule has 17 heteroatoms. The van der Waals surface area contributed by atoms with Crippen LogP contribution < -0.4 is 9.99 Å². The van der Waals surface area contributed by atoms with E-state index in [0.717, 1.165) is 5.56 Å². The Labute approximate surface area is 210 Å². The number of benzene rings is 1. The van der Waals surface area contributed by atoms with Crippen molar-refractivity contribution in [1.29, 1.82) is 0 Å². The van der Waals surface area contributed by atoms with E-state index in [1.165, 1.54) is 10.9 Å². The van der Waals surface area contributed by atoms with Crippen LogP contribution in [-0.2, 0) is 20.4 Å². The largest absolute Gasteiger partial charge is 0.387 e. The molecule has 1 aliphatic rings. The second-order valence-corrected chi connectivity index (χ2v) is 12.9. The van der Waals surface area contributed by atoms with E-state index in [2.05, 4.69) is 20.0 Å². The summed E-state index contributed by atoms with van der Waals surface area (Å²) in [5.74, 6) is -0.854. The molecule has 0 spiro atoms. The average molecular weight is 563 g/mol. The molecule has 0 saturated carbocycles. The van der Waals surface area contributed by atoms with Gasteiger partial charge in [0.15, 0.2) is 23.2 Å². The number of rotatable bonds is 9. The minimum absolute atomic E-state index is 0.0796. The van der Waals surface area contributed by atoms with Gasteiger partial charge in [0.1, 0.15) is 24.2 Å². The van der Waals surface area contributed by atoms with E-state index in [4.69, 9.17) is 26.1 Å². The number of nitrogens with zero attached hydrogens (tertiary/aromatic N) is 5. The molecule has 36 heavy (non-hydrogen) atoms. The Morgan fingerprint density at radius 1 is 1.14 bits per heavy atom. The van der Waals surface area contributed by atoms with Gasteiger partial charge in [0.25, 0.3) is 7.52 Å². The molecule has 14 nitrogen and oxygen atoms in total. The first-order valence-corrected chi connectivity index (χ1v) is 14.6. The fourth-order valence-corrected chi connectivity index (χ4v) is 6.94. The maximum absolute atomic E-state index is 12.0. The first-order chi connectivity index (χ1) is 16.8. The Kier molecular flexibility index (Phi) is 7.84. The van der Waals surface area contributed by atoms with E-state index in [1.54, 1.807) is 7.05 Å². The third kappa shape index (κ3) is 6.12. The van der Waals surface area contributed by atoms with Gasteiger partial charge in [-0.2, -0.15) is 9.97 Å². The van der Waals surface area contributed by atoms with Gasteiger partial charge >= 0.3 is 7.60 Å². The molecule has 6 N–H and O–H groups in total. The number of hydrogen-bond donors (Lipinski definition) is 6. The third-order valence-corrected chi connectivity index (χ3v) is 9.38. The zero-order valence-corrected chi connectivity index (χ0v) is 21.4. The van der Waals surface area contributed by atoms with Crippen LogP contribution in [0.5, 0.6) is 0 Å². The number of aliphatic hydroxyl groups excluding tert-OH is 2. The second-order valence-electron chi connectivity index (χ2n) is 8.40. The Balaban J connectivity index is 1.56. The molecule has 3 unspecified atom stereocenters. The summed E-state index contributed by atoms with van der Waals surface area (Å²) < 4.78 is 30.2. The molecular formula is C19H25ClN6O8P2. The fourth-order valence-electron chi connectivity index (χ4n) is 3.92. The molecule has 1 fully saturated rings. The highest BCUT2D eigenvalue weighted by atomic mass is 35.5. The van der Waals surface area contributed by atoms with Crippen molar-refractivity contribution in [3.05, 3.63) is 47.5 Å².